The summed E-state index contributed by atoms with van der Waals surface area (Å²) in [7, 11) is 1.33. The minimum Gasteiger partial charge on any atom is -0.453 e. The van der Waals surface area contributed by atoms with Crippen molar-refractivity contribution in [2.75, 3.05) is 12.4 Å². The Bertz CT molecular complexity index is 868. The van der Waals surface area contributed by atoms with Crippen LogP contribution < -0.4 is 10.6 Å². The highest BCUT2D eigenvalue weighted by Gasteiger charge is 2.05. The summed E-state index contributed by atoms with van der Waals surface area (Å²) in [5.74, 6) is 0.706. The van der Waals surface area contributed by atoms with Crippen molar-refractivity contribution in [2.24, 2.45) is 0 Å². The number of hydrogen-bond donors (Lipinski definition) is 2. The van der Waals surface area contributed by atoms with Gasteiger partial charge in [-0.25, -0.2) is 14.8 Å². The monoisotopic (exact) mass is 342 g/mol. The van der Waals surface area contributed by atoms with E-state index in [-0.39, 0.29) is 0 Å². The summed E-state index contributed by atoms with van der Waals surface area (Å²) in [5.41, 5.74) is 2.62. The molecule has 122 valence electrons. The first-order valence-corrected chi connectivity index (χ1v) is 7.61. The van der Waals surface area contributed by atoms with E-state index in [2.05, 4.69) is 25.3 Å². The number of anilines is 2. The van der Waals surface area contributed by atoms with Crippen LogP contribution in [0.2, 0.25) is 5.02 Å². The highest BCUT2D eigenvalue weighted by molar-refractivity contribution is 6.31. The number of carbonyl (C=O) groups is 1. The Morgan fingerprint density at radius 3 is 2.71 bits per heavy atom. The lowest BCUT2D eigenvalue weighted by Gasteiger charge is -2.09. The average Bonchev–Trinajstić information content (AvgIpc) is 2.60. The van der Waals surface area contributed by atoms with E-state index in [4.69, 9.17) is 11.6 Å². The Hall–Kier alpha value is -2.86. The van der Waals surface area contributed by atoms with Crippen molar-refractivity contribution in [1.82, 2.24) is 15.3 Å². The minimum atomic E-state index is -0.455. The van der Waals surface area contributed by atoms with E-state index in [1.165, 1.54) is 13.4 Å². The van der Waals surface area contributed by atoms with Crippen LogP contribution in [0.25, 0.3) is 10.9 Å². The third-order valence-corrected chi connectivity index (χ3v) is 3.67. The number of ether oxygens (including phenoxy) is 1. The second-order valence-electron chi connectivity index (χ2n) is 5.05. The molecule has 0 aliphatic heterocycles. The number of nitrogens with zero attached hydrogens (tertiary/aromatic N) is 2. The van der Waals surface area contributed by atoms with Gasteiger partial charge in [-0.3, -0.25) is 0 Å². The predicted octanol–water partition coefficient (Wildman–Crippen LogP) is 3.88. The second-order valence-corrected chi connectivity index (χ2v) is 5.49. The normalized spacial score (nSPS) is 10.4. The lowest BCUT2D eigenvalue weighted by Crippen LogP contribution is -2.22. The van der Waals surface area contributed by atoms with Gasteiger partial charge < -0.3 is 15.4 Å². The molecule has 0 unspecified atom stereocenters. The van der Waals surface area contributed by atoms with E-state index >= 15 is 0 Å². The number of aromatic nitrogens is 2. The number of benzene rings is 2. The molecule has 0 bridgehead atoms. The van der Waals surface area contributed by atoms with Crippen LogP contribution in [0.5, 0.6) is 0 Å². The largest absolute Gasteiger partial charge is 0.453 e. The number of alkyl carbamates (subject to hydrolysis) is 1. The molecule has 1 aromatic heterocycles. The van der Waals surface area contributed by atoms with E-state index in [0.717, 1.165) is 22.2 Å². The molecule has 0 saturated carbocycles. The maximum Gasteiger partial charge on any atom is 0.407 e. The maximum absolute atomic E-state index is 11.1. The smallest absolute Gasteiger partial charge is 0.407 e. The number of methoxy groups -OCH3 is 1. The predicted molar refractivity (Wildman–Crippen MR) is 93.5 cm³/mol. The van der Waals surface area contributed by atoms with Crippen molar-refractivity contribution in [3.8, 4) is 0 Å². The van der Waals surface area contributed by atoms with Crippen molar-refractivity contribution in [3.05, 3.63) is 59.4 Å². The molecule has 0 spiro atoms. The first-order chi connectivity index (χ1) is 11.7. The topological polar surface area (TPSA) is 76.1 Å². The average molecular weight is 343 g/mol. The molecule has 0 fully saturated rings. The van der Waals surface area contributed by atoms with Gasteiger partial charge in [-0.2, -0.15) is 0 Å². The fourth-order valence-electron chi connectivity index (χ4n) is 2.22. The van der Waals surface area contributed by atoms with Gasteiger partial charge in [-0.1, -0.05) is 23.7 Å². The molecule has 0 aliphatic carbocycles. The minimum absolute atomic E-state index is 0.405. The molecule has 1 amide bonds. The van der Waals surface area contributed by atoms with E-state index in [1.807, 2.05) is 30.3 Å². The van der Waals surface area contributed by atoms with Gasteiger partial charge in [0.15, 0.2) is 0 Å². The molecule has 2 N–H and O–H groups in total. The number of fused-ring (bicyclic) bond motifs is 1. The van der Waals surface area contributed by atoms with Gasteiger partial charge in [0.1, 0.15) is 12.1 Å². The molecule has 24 heavy (non-hydrogen) atoms. The van der Waals surface area contributed by atoms with Gasteiger partial charge in [-0.15, -0.1) is 0 Å². The van der Waals surface area contributed by atoms with E-state index in [9.17, 15) is 4.79 Å². The molecular weight excluding hydrogens is 328 g/mol. The van der Waals surface area contributed by atoms with Crippen molar-refractivity contribution in [2.45, 2.75) is 6.54 Å². The van der Waals surface area contributed by atoms with E-state index in [1.54, 1.807) is 12.1 Å². The Kier molecular flexibility index (Phi) is 4.77. The maximum atomic E-state index is 11.1. The van der Waals surface area contributed by atoms with Crippen LogP contribution >= 0.6 is 11.6 Å². The zero-order chi connectivity index (χ0) is 16.9. The van der Waals surface area contributed by atoms with Gasteiger partial charge in [0, 0.05) is 22.6 Å². The zero-order valence-corrected chi connectivity index (χ0v) is 13.7. The molecule has 0 radical (unpaired) electrons. The molecular formula is C17H15ClN4O2. The highest BCUT2D eigenvalue weighted by atomic mass is 35.5. The van der Waals surface area contributed by atoms with Crippen molar-refractivity contribution < 1.29 is 9.53 Å². The lowest BCUT2D eigenvalue weighted by molar-refractivity contribution is 0.170. The van der Waals surface area contributed by atoms with Crippen LogP contribution in [0.3, 0.4) is 0 Å². The molecule has 1 heterocycles. The van der Waals surface area contributed by atoms with Gasteiger partial charge >= 0.3 is 6.09 Å². The summed E-state index contributed by atoms with van der Waals surface area (Å²) in [6, 6.07) is 13.1. The molecule has 7 heteroatoms. The Morgan fingerprint density at radius 2 is 1.96 bits per heavy atom. The van der Waals surface area contributed by atoms with Crippen LogP contribution in [0.15, 0.2) is 48.8 Å². The quantitative estimate of drug-likeness (QED) is 0.752. The second kappa shape index (κ2) is 7.14. The van der Waals surface area contributed by atoms with Gasteiger partial charge in [0.25, 0.3) is 0 Å². The Morgan fingerprint density at radius 1 is 1.17 bits per heavy atom. The molecule has 0 aliphatic rings. The standard InChI is InChI=1S/C17H15ClN4O2/c1-24-17(23)19-9-11-2-5-13(6-3-11)22-16-14-7-4-12(18)8-15(14)20-10-21-16/h2-8,10H,9H2,1H3,(H,19,23)(H,20,21,22). The lowest BCUT2D eigenvalue weighted by atomic mass is 10.2. The molecule has 0 atom stereocenters. The van der Waals surface area contributed by atoms with Crippen LogP contribution in [0.1, 0.15) is 5.56 Å². The number of nitrogens with one attached hydrogen (secondary N) is 2. The first-order valence-electron chi connectivity index (χ1n) is 7.24. The number of amides is 1. The van der Waals surface area contributed by atoms with Gasteiger partial charge in [0.2, 0.25) is 0 Å². The molecule has 3 rings (SSSR count). The molecule has 6 nitrogen and oxygen atoms in total. The Balaban J connectivity index is 1.76. The molecule has 3 aromatic rings. The third-order valence-electron chi connectivity index (χ3n) is 3.44. The summed E-state index contributed by atoms with van der Waals surface area (Å²) >= 11 is 5.99. The third kappa shape index (κ3) is 3.72. The van der Waals surface area contributed by atoms with Crippen LogP contribution in [-0.2, 0) is 11.3 Å². The summed E-state index contributed by atoms with van der Waals surface area (Å²) in [6.45, 7) is 0.405. The Labute approximate surface area is 143 Å². The molecule has 2 aromatic carbocycles. The SMILES string of the molecule is COC(=O)NCc1ccc(Nc2ncnc3cc(Cl)ccc23)cc1. The number of rotatable bonds is 4. The summed E-state index contributed by atoms with van der Waals surface area (Å²) in [5, 5.41) is 7.42. The van der Waals surface area contributed by atoms with Crippen molar-refractivity contribution in [1.29, 1.82) is 0 Å². The first kappa shape index (κ1) is 16.0. The van der Waals surface area contributed by atoms with Crippen molar-refractivity contribution >= 4 is 40.1 Å². The zero-order valence-electron chi connectivity index (χ0n) is 12.9. The van der Waals surface area contributed by atoms with Gasteiger partial charge in [-0.05, 0) is 35.9 Å². The van der Waals surface area contributed by atoms with Crippen LogP contribution in [-0.4, -0.2) is 23.2 Å². The van der Waals surface area contributed by atoms with E-state index < -0.39 is 6.09 Å². The number of carbonyl (C=O) groups excluding carboxylic acids is 1. The number of halogens is 1. The fraction of sp³-hybridized carbons (Fsp3) is 0.118. The van der Waals surface area contributed by atoms with Crippen LogP contribution in [0.4, 0.5) is 16.3 Å². The van der Waals surface area contributed by atoms with E-state index in [0.29, 0.717) is 17.4 Å². The summed E-state index contributed by atoms with van der Waals surface area (Å²) < 4.78 is 4.54. The molecule has 0 saturated heterocycles. The highest BCUT2D eigenvalue weighted by Crippen LogP contribution is 2.25. The number of hydrogen-bond acceptors (Lipinski definition) is 5. The fourth-order valence-corrected chi connectivity index (χ4v) is 2.39. The summed E-state index contributed by atoms with van der Waals surface area (Å²) in [6.07, 6.45) is 1.04. The summed E-state index contributed by atoms with van der Waals surface area (Å²) in [4.78, 5) is 19.6. The van der Waals surface area contributed by atoms with Crippen molar-refractivity contribution in [3.63, 3.8) is 0 Å². The van der Waals surface area contributed by atoms with Gasteiger partial charge in [0.05, 0.1) is 12.6 Å². The van der Waals surface area contributed by atoms with Crippen LogP contribution in [0, 0.1) is 0 Å².